The van der Waals surface area contributed by atoms with Crippen LogP contribution in [0.4, 0.5) is 5.95 Å². The highest BCUT2D eigenvalue weighted by molar-refractivity contribution is 9.10. The van der Waals surface area contributed by atoms with E-state index in [-0.39, 0.29) is 12.5 Å². The van der Waals surface area contributed by atoms with Crippen molar-refractivity contribution >= 4 is 31.9 Å². The normalized spacial score (nSPS) is 11.3. The van der Waals surface area contributed by atoms with Gasteiger partial charge in [-0.1, -0.05) is 30.3 Å². The van der Waals surface area contributed by atoms with E-state index in [9.17, 15) is 8.42 Å². The third-order valence-corrected chi connectivity index (χ3v) is 3.90. The number of halogens is 1. The third kappa shape index (κ3) is 3.74. The molecule has 0 radical (unpaired) electrons. The van der Waals surface area contributed by atoms with Crippen LogP contribution in [-0.2, 0) is 16.6 Å². The van der Waals surface area contributed by atoms with E-state index in [1.807, 2.05) is 30.3 Å². The fraction of sp³-hybridized carbons (Fsp3) is 0.167. The Kier molecular flexibility index (Phi) is 4.16. The summed E-state index contributed by atoms with van der Waals surface area (Å²) in [6.07, 6.45) is 4.18. The summed E-state index contributed by atoms with van der Waals surface area (Å²) in [6, 6.07) is 9.31. The Morgan fingerprint density at radius 3 is 2.26 bits per heavy atom. The van der Waals surface area contributed by atoms with E-state index in [0.29, 0.717) is 4.47 Å². The van der Waals surface area contributed by atoms with E-state index < -0.39 is 10.0 Å². The van der Waals surface area contributed by atoms with Crippen LogP contribution in [0, 0.1) is 0 Å². The van der Waals surface area contributed by atoms with Gasteiger partial charge in [0.05, 0.1) is 17.3 Å². The summed E-state index contributed by atoms with van der Waals surface area (Å²) in [6.45, 7) is 0.210. The van der Waals surface area contributed by atoms with Crippen LogP contribution in [0.25, 0.3) is 0 Å². The summed E-state index contributed by atoms with van der Waals surface area (Å²) in [7, 11) is -3.44. The highest BCUT2D eigenvalue weighted by atomic mass is 79.9. The van der Waals surface area contributed by atoms with Crippen molar-refractivity contribution in [3.05, 3.63) is 52.8 Å². The molecular weight excluding hydrogens is 330 g/mol. The molecule has 0 fully saturated rings. The van der Waals surface area contributed by atoms with Gasteiger partial charge < -0.3 is 0 Å². The minimum atomic E-state index is -3.44. The van der Waals surface area contributed by atoms with Crippen LogP contribution in [-0.4, -0.2) is 24.6 Å². The molecular formula is C12H12BrN3O2S. The molecule has 0 bridgehead atoms. The second kappa shape index (κ2) is 5.66. The number of rotatable bonds is 4. The van der Waals surface area contributed by atoms with Gasteiger partial charge in [0.1, 0.15) is 0 Å². The van der Waals surface area contributed by atoms with E-state index in [0.717, 1.165) is 11.8 Å². The van der Waals surface area contributed by atoms with E-state index in [2.05, 4.69) is 25.9 Å². The first kappa shape index (κ1) is 14.0. The van der Waals surface area contributed by atoms with Crippen LogP contribution in [0.2, 0.25) is 0 Å². The predicted molar refractivity (Wildman–Crippen MR) is 77.2 cm³/mol. The van der Waals surface area contributed by atoms with Gasteiger partial charge in [-0.2, -0.15) is 0 Å². The molecule has 0 saturated carbocycles. The molecule has 0 N–H and O–H groups in total. The average molecular weight is 342 g/mol. The molecule has 19 heavy (non-hydrogen) atoms. The Morgan fingerprint density at radius 1 is 1.16 bits per heavy atom. The first-order valence-electron chi connectivity index (χ1n) is 5.46. The minimum absolute atomic E-state index is 0.162. The fourth-order valence-electron chi connectivity index (χ4n) is 1.52. The van der Waals surface area contributed by atoms with Gasteiger partial charge in [-0.3, -0.25) is 0 Å². The Morgan fingerprint density at radius 2 is 1.74 bits per heavy atom. The Bertz CT molecular complexity index is 644. The van der Waals surface area contributed by atoms with Crippen molar-refractivity contribution in [2.24, 2.45) is 0 Å². The zero-order valence-electron chi connectivity index (χ0n) is 10.2. The molecule has 0 aliphatic carbocycles. The highest BCUT2D eigenvalue weighted by Crippen LogP contribution is 2.17. The Labute approximate surface area is 120 Å². The maximum absolute atomic E-state index is 11.9. The van der Waals surface area contributed by atoms with E-state index >= 15 is 0 Å². The van der Waals surface area contributed by atoms with Crippen molar-refractivity contribution in [1.82, 2.24) is 9.97 Å². The minimum Gasteiger partial charge on any atom is -0.233 e. The number of nitrogens with zero attached hydrogens (tertiary/aromatic N) is 3. The number of sulfonamides is 1. The van der Waals surface area contributed by atoms with Crippen molar-refractivity contribution in [3.63, 3.8) is 0 Å². The van der Waals surface area contributed by atoms with Gasteiger partial charge in [-0.25, -0.2) is 22.7 Å². The SMILES string of the molecule is CS(=O)(=O)N(Cc1ccccc1)c1ncc(Br)cn1. The van der Waals surface area contributed by atoms with E-state index in [4.69, 9.17) is 0 Å². The topological polar surface area (TPSA) is 63.2 Å². The summed E-state index contributed by atoms with van der Waals surface area (Å²) >= 11 is 3.22. The van der Waals surface area contributed by atoms with Crippen LogP contribution in [0.5, 0.6) is 0 Å². The van der Waals surface area contributed by atoms with Gasteiger partial charge in [0.25, 0.3) is 0 Å². The van der Waals surface area contributed by atoms with Crippen molar-refractivity contribution in [2.45, 2.75) is 6.54 Å². The molecule has 100 valence electrons. The summed E-state index contributed by atoms with van der Waals surface area (Å²) < 4.78 is 25.6. The van der Waals surface area contributed by atoms with Crippen molar-refractivity contribution in [2.75, 3.05) is 10.6 Å². The number of hydrogen-bond donors (Lipinski definition) is 0. The summed E-state index contributed by atoms with van der Waals surface area (Å²) in [4.78, 5) is 8.06. The molecule has 1 aromatic carbocycles. The first-order valence-corrected chi connectivity index (χ1v) is 8.10. The van der Waals surface area contributed by atoms with Crippen molar-refractivity contribution in [1.29, 1.82) is 0 Å². The van der Waals surface area contributed by atoms with Crippen molar-refractivity contribution < 1.29 is 8.42 Å². The average Bonchev–Trinajstić information content (AvgIpc) is 2.37. The fourth-order valence-corrected chi connectivity index (χ4v) is 2.50. The lowest BCUT2D eigenvalue weighted by atomic mass is 10.2. The number of benzene rings is 1. The summed E-state index contributed by atoms with van der Waals surface area (Å²) in [5, 5.41) is 0. The van der Waals surface area contributed by atoms with Gasteiger partial charge in [0.2, 0.25) is 16.0 Å². The molecule has 0 aliphatic rings. The van der Waals surface area contributed by atoms with Crippen molar-refractivity contribution in [3.8, 4) is 0 Å². The first-order chi connectivity index (χ1) is 8.97. The number of aromatic nitrogens is 2. The van der Waals surface area contributed by atoms with Crippen LogP contribution in [0.15, 0.2) is 47.2 Å². The van der Waals surface area contributed by atoms with Gasteiger partial charge >= 0.3 is 0 Å². The molecule has 1 aromatic heterocycles. The zero-order chi connectivity index (χ0) is 13.9. The van der Waals surface area contributed by atoms with Crippen LogP contribution in [0.1, 0.15) is 5.56 Å². The molecule has 5 nitrogen and oxygen atoms in total. The molecule has 0 amide bonds. The molecule has 2 aromatic rings. The van der Waals surface area contributed by atoms with E-state index in [1.165, 1.54) is 16.7 Å². The van der Waals surface area contributed by atoms with E-state index in [1.54, 1.807) is 0 Å². The van der Waals surface area contributed by atoms with Crippen LogP contribution in [0.3, 0.4) is 0 Å². The second-order valence-electron chi connectivity index (χ2n) is 3.96. The smallest absolute Gasteiger partial charge is 0.233 e. The molecule has 0 aliphatic heterocycles. The van der Waals surface area contributed by atoms with Gasteiger partial charge in [-0.05, 0) is 21.5 Å². The molecule has 0 spiro atoms. The third-order valence-electron chi connectivity index (χ3n) is 2.40. The second-order valence-corrected chi connectivity index (χ2v) is 6.78. The number of anilines is 1. The van der Waals surface area contributed by atoms with Gasteiger partial charge in [-0.15, -0.1) is 0 Å². The standard InChI is InChI=1S/C12H12BrN3O2S/c1-19(17,18)16(9-10-5-3-2-4-6-10)12-14-7-11(13)8-15-12/h2-8H,9H2,1H3. The highest BCUT2D eigenvalue weighted by Gasteiger charge is 2.20. The Hall–Kier alpha value is -1.47. The van der Waals surface area contributed by atoms with Crippen LogP contribution < -0.4 is 4.31 Å². The molecule has 7 heteroatoms. The maximum atomic E-state index is 11.9. The molecule has 0 saturated heterocycles. The molecule has 2 rings (SSSR count). The summed E-state index contributed by atoms with van der Waals surface area (Å²) in [5.41, 5.74) is 0.874. The Balaban J connectivity index is 2.35. The quantitative estimate of drug-likeness (QED) is 0.855. The zero-order valence-corrected chi connectivity index (χ0v) is 12.6. The number of hydrogen-bond acceptors (Lipinski definition) is 4. The lowest BCUT2D eigenvalue weighted by Gasteiger charge is -2.20. The van der Waals surface area contributed by atoms with Crippen LogP contribution >= 0.6 is 15.9 Å². The summed E-state index contributed by atoms with van der Waals surface area (Å²) in [5.74, 6) is 0.162. The molecule has 0 atom stereocenters. The maximum Gasteiger partial charge on any atom is 0.239 e. The molecule has 0 unspecified atom stereocenters. The lowest BCUT2D eigenvalue weighted by Crippen LogP contribution is -2.30. The monoisotopic (exact) mass is 341 g/mol. The predicted octanol–water partition coefficient (Wildman–Crippen LogP) is 2.21. The van der Waals surface area contributed by atoms with Gasteiger partial charge in [0, 0.05) is 12.4 Å². The lowest BCUT2D eigenvalue weighted by molar-refractivity contribution is 0.595. The van der Waals surface area contributed by atoms with Gasteiger partial charge in [0.15, 0.2) is 0 Å². The largest absolute Gasteiger partial charge is 0.239 e. The molecule has 1 heterocycles.